The molecule has 1 heterocycles. The minimum Gasteiger partial charge on any atom is -0.389 e. The molecule has 0 unspecified atom stereocenters. The molecule has 1 aromatic carbocycles. The Morgan fingerprint density at radius 3 is 2.62 bits per heavy atom. The van der Waals surface area contributed by atoms with E-state index in [9.17, 15) is 14.7 Å². The number of β-amino-alcohol motifs (C(OH)–C–C–N with tert-alkyl or cyclic N) is 1. The highest BCUT2D eigenvalue weighted by Crippen LogP contribution is 2.19. The fourth-order valence-electron chi connectivity index (χ4n) is 2.20. The maximum absolute atomic E-state index is 11.7. The van der Waals surface area contributed by atoms with Crippen molar-refractivity contribution < 1.29 is 19.4 Å². The molecule has 1 saturated heterocycles. The van der Waals surface area contributed by atoms with Crippen LogP contribution in [0.5, 0.6) is 0 Å². The van der Waals surface area contributed by atoms with Crippen molar-refractivity contribution >= 4 is 23.4 Å². The molecule has 0 bridgehead atoms. The summed E-state index contributed by atoms with van der Waals surface area (Å²) in [6, 6.07) is 7.20. The molecule has 114 valence electrons. The minimum atomic E-state index is -0.879. The van der Waals surface area contributed by atoms with Gasteiger partial charge in [0.2, 0.25) is 11.8 Å². The Bertz CT molecular complexity index is 517. The minimum absolute atomic E-state index is 0.0113. The maximum Gasteiger partial charge on any atom is 0.232 e. The summed E-state index contributed by atoms with van der Waals surface area (Å²) in [4.78, 5) is 24.4. The van der Waals surface area contributed by atoms with Crippen LogP contribution in [0.3, 0.4) is 0 Å². The highest BCUT2D eigenvalue weighted by atomic mass is 35.5. The number of nitrogens with zero attached hydrogens (tertiary/aromatic N) is 1. The lowest BCUT2D eigenvalue weighted by molar-refractivity contribution is -0.141. The molecule has 2 rings (SSSR count). The van der Waals surface area contributed by atoms with Gasteiger partial charge in [0.15, 0.2) is 0 Å². The van der Waals surface area contributed by atoms with Gasteiger partial charge in [0, 0.05) is 17.4 Å². The van der Waals surface area contributed by atoms with E-state index in [1.165, 1.54) is 0 Å². The van der Waals surface area contributed by atoms with Crippen LogP contribution in [0.15, 0.2) is 24.3 Å². The van der Waals surface area contributed by atoms with Crippen LogP contribution in [-0.2, 0) is 20.9 Å². The van der Waals surface area contributed by atoms with Gasteiger partial charge in [-0.3, -0.25) is 14.5 Å². The monoisotopic (exact) mass is 311 g/mol. The first kappa shape index (κ1) is 15.9. The molecule has 1 N–H and O–H groups in total. The largest absolute Gasteiger partial charge is 0.389 e. The number of benzene rings is 1. The third-order valence-corrected chi connectivity index (χ3v) is 3.61. The van der Waals surface area contributed by atoms with Gasteiger partial charge in [-0.2, -0.15) is 0 Å². The van der Waals surface area contributed by atoms with Crippen molar-refractivity contribution in [2.75, 3.05) is 13.2 Å². The lowest BCUT2D eigenvalue weighted by Crippen LogP contribution is -2.39. The Balaban J connectivity index is 1.75. The van der Waals surface area contributed by atoms with E-state index in [1.807, 2.05) is 12.1 Å². The molecule has 1 fully saturated rings. The molecule has 0 aromatic heterocycles. The van der Waals surface area contributed by atoms with Gasteiger partial charge < -0.3 is 9.84 Å². The predicted octanol–water partition coefficient (Wildman–Crippen LogP) is 1.61. The SMILES string of the molecule is C[C@@H]1CC(=O)N(C[C@@H](O)COCc2ccc(Cl)cc2)C1=O. The van der Waals surface area contributed by atoms with Gasteiger partial charge in [-0.1, -0.05) is 30.7 Å². The first-order valence-corrected chi connectivity index (χ1v) is 7.19. The third-order valence-electron chi connectivity index (χ3n) is 3.36. The van der Waals surface area contributed by atoms with Crippen molar-refractivity contribution in [3.8, 4) is 0 Å². The lowest BCUT2D eigenvalue weighted by Gasteiger charge is -2.18. The number of hydrogen-bond donors (Lipinski definition) is 1. The van der Waals surface area contributed by atoms with Gasteiger partial charge in [-0.25, -0.2) is 0 Å². The smallest absolute Gasteiger partial charge is 0.232 e. The quantitative estimate of drug-likeness (QED) is 0.811. The molecule has 0 radical (unpaired) electrons. The summed E-state index contributed by atoms with van der Waals surface area (Å²) in [7, 11) is 0. The van der Waals surface area contributed by atoms with E-state index in [2.05, 4.69) is 0 Å². The number of carbonyl (C=O) groups excluding carboxylic acids is 2. The van der Waals surface area contributed by atoms with Gasteiger partial charge in [0.05, 0.1) is 25.9 Å². The van der Waals surface area contributed by atoms with E-state index in [4.69, 9.17) is 16.3 Å². The summed E-state index contributed by atoms with van der Waals surface area (Å²) in [5.41, 5.74) is 0.938. The van der Waals surface area contributed by atoms with E-state index in [0.717, 1.165) is 10.5 Å². The molecule has 2 amide bonds. The molecule has 1 aliphatic rings. The predicted molar refractivity (Wildman–Crippen MR) is 77.6 cm³/mol. The van der Waals surface area contributed by atoms with E-state index in [1.54, 1.807) is 19.1 Å². The number of hydrogen-bond acceptors (Lipinski definition) is 4. The van der Waals surface area contributed by atoms with Gasteiger partial charge >= 0.3 is 0 Å². The number of carbonyl (C=O) groups is 2. The van der Waals surface area contributed by atoms with Gasteiger partial charge in [-0.05, 0) is 17.7 Å². The maximum atomic E-state index is 11.7. The van der Waals surface area contributed by atoms with E-state index in [0.29, 0.717) is 11.6 Å². The van der Waals surface area contributed by atoms with Crippen molar-refractivity contribution in [1.82, 2.24) is 4.90 Å². The number of aliphatic hydroxyl groups is 1. The molecule has 5 nitrogen and oxygen atoms in total. The summed E-state index contributed by atoms with van der Waals surface area (Å²) >= 11 is 5.78. The lowest BCUT2D eigenvalue weighted by atomic mass is 10.1. The van der Waals surface area contributed by atoms with Crippen LogP contribution in [0.25, 0.3) is 0 Å². The molecule has 6 heteroatoms. The van der Waals surface area contributed by atoms with Crippen LogP contribution in [0.2, 0.25) is 5.02 Å². The second kappa shape index (κ2) is 7.02. The number of rotatable bonds is 6. The van der Waals surface area contributed by atoms with E-state index >= 15 is 0 Å². The average Bonchev–Trinajstić information content (AvgIpc) is 2.68. The average molecular weight is 312 g/mol. The highest BCUT2D eigenvalue weighted by Gasteiger charge is 2.36. The van der Waals surface area contributed by atoms with Crippen molar-refractivity contribution in [2.45, 2.75) is 26.1 Å². The zero-order valence-electron chi connectivity index (χ0n) is 11.8. The number of amides is 2. The molecule has 2 atom stereocenters. The molecule has 1 aliphatic heterocycles. The molecule has 0 aliphatic carbocycles. The van der Waals surface area contributed by atoms with Crippen molar-refractivity contribution in [1.29, 1.82) is 0 Å². The molecule has 21 heavy (non-hydrogen) atoms. The van der Waals surface area contributed by atoms with Crippen LogP contribution in [-0.4, -0.2) is 41.1 Å². The zero-order valence-corrected chi connectivity index (χ0v) is 12.5. The van der Waals surface area contributed by atoms with Gasteiger partial charge in [0.25, 0.3) is 0 Å². The van der Waals surface area contributed by atoms with Crippen LogP contribution < -0.4 is 0 Å². The van der Waals surface area contributed by atoms with Crippen LogP contribution in [0, 0.1) is 5.92 Å². The highest BCUT2D eigenvalue weighted by molar-refractivity contribution is 6.30. The standard InChI is InChI=1S/C15H18ClNO4/c1-10-6-14(19)17(15(10)20)7-13(18)9-21-8-11-2-4-12(16)5-3-11/h2-5,10,13,18H,6-9H2,1H3/t10-,13-/m1/s1. The number of aliphatic hydroxyl groups excluding tert-OH is 1. The fraction of sp³-hybridized carbons (Fsp3) is 0.467. The molecule has 0 spiro atoms. The topological polar surface area (TPSA) is 66.8 Å². The number of halogens is 1. The molecule has 0 saturated carbocycles. The molecular formula is C15H18ClNO4. The van der Waals surface area contributed by atoms with Crippen molar-refractivity contribution in [3.05, 3.63) is 34.9 Å². The van der Waals surface area contributed by atoms with Crippen LogP contribution >= 0.6 is 11.6 Å². The Kier molecular flexibility index (Phi) is 5.33. The Hall–Kier alpha value is -1.43. The van der Waals surface area contributed by atoms with Crippen molar-refractivity contribution in [2.24, 2.45) is 5.92 Å². The molecule has 1 aromatic rings. The molecular weight excluding hydrogens is 294 g/mol. The van der Waals surface area contributed by atoms with Gasteiger partial charge in [-0.15, -0.1) is 0 Å². The van der Waals surface area contributed by atoms with Gasteiger partial charge in [0.1, 0.15) is 0 Å². The van der Waals surface area contributed by atoms with Crippen LogP contribution in [0.1, 0.15) is 18.9 Å². The second-order valence-corrected chi connectivity index (χ2v) is 5.68. The zero-order chi connectivity index (χ0) is 15.4. The summed E-state index contributed by atoms with van der Waals surface area (Å²) in [6.45, 7) is 2.10. The number of ether oxygens (including phenoxy) is 1. The summed E-state index contributed by atoms with van der Waals surface area (Å²) in [5, 5.41) is 10.5. The summed E-state index contributed by atoms with van der Waals surface area (Å²) in [6.07, 6.45) is -0.660. The second-order valence-electron chi connectivity index (χ2n) is 5.24. The van der Waals surface area contributed by atoms with E-state index < -0.39 is 6.10 Å². The summed E-state index contributed by atoms with van der Waals surface area (Å²) < 4.78 is 5.39. The van der Waals surface area contributed by atoms with E-state index in [-0.39, 0.29) is 37.3 Å². The first-order chi connectivity index (χ1) is 9.97. The van der Waals surface area contributed by atoms with Crippen molar-refractivity contribution in [3.63, 3.8) is 0 Å². The Morgan fingerprint density at radius 1 is 1.38 bits per heavy atom. The number of likely N-dealkylation sites (tertiary alicyclic amines) is 1. The van der Waals surface area contributed by atoms with Crippen LogP contribution in [0.4, 0.5) is 0 Å². The third kappa shape index (κ3) is 4.27. The number of imide groups is 1. The summed E-state index contributed by atoms with van der Waals surface area (Å²) in [5.74, 6) is -0.749. The normalized spacial score (nSPS) is 20.1. The Labute approximate surface area is 128 Å². The fourth-order valence-corrected chi connectivity index (χ4v) is 2.32. The Morgan fingerprint density at radius 2 is 2.05 bits per heavy atom. The first-order valence-electron chi connectivity index (χ1n) is 6.82.